The minimum atomic E-state index is -0.311. The Labute approximate surface area is 124 Å². The first-order valence-electron chi connectivity index (χ1n) is 7.33. The molecule has 2 atom stereocenters. The number of hydrogen-bond donors (Lipinski definition) is 1. The van der Waals surface area contributed by atoms with Gasteiger partial charge in [0.25, 0.3) is 5.91 Å². The van der Waals surface area contributed by atoms with Crippen LogP contribution in [0.25, 0.3) is 0 Å². The van der Waals surface area contributed by atoms with Gasteiger partial charge >= 0.3 is 0 Å². The van der Waals surface area contributed by atoms with Crippen LogP contribution in [0.5, 0.6) is 0 Å². The molecule has 1 aliphatic heterocycles. The largest absolute Gasteiger partial charge is 0.362 e. The van der Waals surface area contributed by atoms with Crippen molar-refractivity contribution in [2.45, 2.75) is 31.6 Å². The van der Waals surface area contributed by atoms with Gasteiger partial charge in [-0.1, -0.05) is 60.7 Å². The Morgan fingerprint density at radius 3 is 2.14 bits per heavy atom. The molecule has 0 radical (unpaired) electrons. The molecular formula is C18H19NO2. The predicted octanol–water partition coefficient (Wildman–Crippen LogP) is 2.70. The molecule has 3 nitrogen and oxygen atoms in total. The summed E-state index contributed by atoms with van der Waals surface area (Å²) < 4.78 is 5.77. The van der Waals surface area contributed by atoms with E-state index in [-0.39, 0.29) is 18.1 Å². The van der Waals surface area contributed by atoms with Crippen LogP contribution in [0.2, 0.25) is 0 Å². The lowest BCUT2D eigenvalue weighted by atomic mass is 9.94. The summed E-state index contributed by atoms with van der Waals surface area (Å²) in [4.78, 5) is 11.6. The van der Waals surface area contributed by atoms with E-state index >= 15 is 0 Å². The van der Waals surface area contributed by atoms with Gasteiger partial charge in [-0.05, 0) is 24.0 Å². The number of ether oxygens (including phenoxy) is 1. The lowest BCUT2D eigenvalue weighted by Gasteiger charge is -2.36. The Morgan fingerprint density at radius 2 is 1.52 bits per heavy atom. The van der Waals surface area contributed by atoms with Gasteiger partial charge in [0.05, 0.1) is 12.6 Å². The first-order valence-corrected chi connectivity index (χ1v) is 7.33. The van der Waals surface area contributed by atoms with Crippen molar-refractivity contribution < 1.29 is 9.53 Å². The average molecular weight is 281 g/mol. The number of carbonyl (C=O) groups is 1. The van der Waals surface area contributed by atoms with Gasteiger partial charge in [0.2, 0.25) is 0 Å². The number of carbonyl (C=O) groups excluding carboxylic acids is 1. The summed E-state index contributed by atoms with van der Waals surface area (Å²) in [6, 6.07) is 20.4. The van der Waals surface area contributed by atoms with E-state index in [9.17, 15) is 4.79 Å². The van der Waals surface area contributed by atoms with Crippen molar-refractivity contribution >= 4 is 5.91 Å². The fraction of sp³-hybridized carbons (Fsp3) is 0.278. The standard InChI is InChI=1S/C18H19NO2/c20-18-17(21-13-15-9-5-2-6-10-15)16(19-18)12-11-14-7-3-1-4-8-14/h1-10,16-17H,11-13H2,(H,19,20)/t16-,17-/m1/s1. The van der Waals surface area contributed by atoms with Crippen molar-refractivity contribution in [1.82, 2.24) is 5.32 Å². The smallest absolute Gasteiger partial charge is 0.251 e. The summed E-state index contributed by atoms with van der Waals surface area (Å²) in [5.74, 6) is 0.00370. The Bertz CT molecular complexity index is 583. The number of amides is 1. The molecule has 1 heterocycles. The molecule has 1 amide bonds. The number of nitrogens with one attached hydrogen (secondary N) is 1. The molecule has 0 unspecified atom stereocenters. The van der Waals surface area contributed by atoms with Gasteiger partial charge in [-0.3, -0.25) is 4.79 Å². The van der Waals surface area contributed by atoms with Crippen LogP contribution in [0.1, 0.15) is 17.5 Å². The molecule has 2 aromatic carbocycles. The first-order chi connectivity index (χ1) is 10.3. The number of aryl methyl sites for hydroxylation is 1. The van der Waals surface area contributed by atoms with E-state index in [1.54, 1.807) is 0 Å². The van der Waals surface area contributed by atoms with Crippen molar-refractivity contribution in [2.24, 2.45) is 0 Å². The summed E-state index contributed by atoms with van der Waals surface area (Å²) in [5.41, 5.74) is 2.39. The average Bonchev–Trinajstić information content (AvgIpc) is 2.53. The van der Waals surface area contributed by atoms with Crippen molar-refractivity contribution in [3.05, 3.63) is 71.8 Å². The second kappa shape index (κ2) is 6.55. The van der Waals surface area contributed by atoms with Gasteiger partial charge in [0.15, 0.2) is 6.10 Å². The van der Waals surface area contributed by atoms with E-state index in [4.69, 9.17) is 4.74 Å². The fourth-order valence-corrected chi connectivity index (χ4v) is 2.57. The third-order valence-corrected chi connectivity index (χ3v) is 3.81. The molecule has 1 N–H and O–H groups in total. The second-order valence-electron chi connectivity index (χ2n) is 5.36. The highest BCUT2D eigenvalue weighted by molar-refractivity contribution is 5.88. The van der Waals surface area contributed by atoms with Crippen LogP contribution in [0.4, 0.5) is 0 Å². The maximum absolute atomic E-state index is 11.6. The van der Waals surface area contributed by atoms with Crippen LogP contribution in [0.3, 0.4) is 0 Å². The number of β-lactam (4-membered cyclic amide) rings is 1. The molecule has 0 bridgehead atoms. The Kier molecular flexibility index (Phi) is 4.31. The normalized spacial score (nSPS) is 20.7. The minimum absolute atomic E-state index is 0.00370. The summed E-state index contributed by atoms with van der Waals surface area (Å²) in [5, 5.41) is 2.94. The zero-order valence-corrected chi connectivity index (χ0v) is 11.9. The topological polar surface area (TPSA) is 38.3 Å². The molecule has 0 aliphatic carbocycles. The Hall–Kier alpha value is -2.13. The van der Waals surface area contributed by atoms with E-state index in [2.05, 4.69) is 17.4 Å². The van der Waals surface area contributed by atoms with Crippen molar-refractivity contribution in [3.63, 3.8) is 0 Å². The van der Waals surface area contributed by atoms with Gasteiger partial charge in [-0.15, -0.1) is 0 Å². The van der Waals surface area contributed by atoms with Crippen molar-refractivity contribution in [3.8, 4) is 0 Å². The molecule has 0 spiro atoms. The first kappa shape index (κ1) is 13.8. The molecule has 21 heavy (non-hydrogen) atoms. The van der Waals surface area contributed by atoms with Crippen LogP contribution < -0.4 is 5.32 Å². The lowest BCUT2D eigenvalue weighted by molar-refractivity contribution is -0.149. The molecular weight excluding hydrogens is 262 g/mol. The zero-order chi connectivity index (χ0) is 14.5. The molecule has 3 heteroatoms. The highest BCUT2D eigenvalue weighted by Crippen LogP contribution is 2.18. The van der Waals surface area contributed by atoms with Gasteiger partial charge in [0, 0.05) is 0 Å². The highest BCUT2D eigenvalue weighted by Gasteiger charge is 2.39. The van der Waals surface area contributed by atoms with Crippen LogP contribution in [-0.2, 0) is 22.6 Å². The van der Waals surface area contributed by atoms with Crippen molar-refractivity contribution in [2.75, 3.05) is 0 Å². The molecule has 1 aliphatic rings. The van der Waals surface area contributed by atoms with Gasteiger partial charge < -0.3 is 10.1 Å². The maximum atomic E-state index is 11.6. The predicted molar refractivity (Wildman–Crippen MR) is 81.7 cm³/mol. The van der Waals surface area contributed by atoms with Gasteiger partial charge in [-0.2, -0.15) is 0 Å². The quantitative estimate of drug-likeness (QED) is 0.827. The monoisotopic (exact) mass is 281 g/mol. The number of benzene rings is 2. The van der Waals surface area contributed by atoms with E-state index < -0.39 is 0 Å². The molecule has 0 aromatic heterocycles. The van der Waals surface area contributed by atoms with Crippen LogP contribution >= 0.6 is 0 Å². The fourth-order valence-electron chi connectivity index (χ4n) is 2.57. The third kappa shape index (κ3) is 3.50. The van der Waals surface area contributed by atoms with Crippen molar-refractivity contribution in [1.29, 1.82) is 0 Å². The summed E-state index contributed by atoms with van der Waals surface area (Å²) >= 11 is 0. The summed E-state index contributed by atoms with van der Waals surface area (Å²) in [7, 11) is 0. The maximum Gasteiger partial charge on any atom is 0.251 e. The van der Waals surface area contributed by atoms with E-state index in [1.165, 1.54) is 5.56 Å². The lowest BCUT2D eigenvalue weighted by Crippen LogP contribution is -2.63. The van der Waals surface area contributed by atoms with Crippen LogP contribution in [0.15, 0.2) is 60.7 Å². The third-order valence-electron chi connectivity index (χ3n) is 3.81. The summed E-state index contributed by atoms with van der Waals surface area (Å²) in [6.07, 6.45) is 1.56. The molecule has 1 saturated heterocycles. The second-order valence-corrected chi connectivity index (χ2v) is 5.36. The molecule has 0 saturated carbocycles. The van der Waals surface area contributed by atoms with Crippen LogP contribution in [0, 0.1) is 0 Å². The Morgan fingerprint density at radius 1 is 0.905 bits per heavy atom. The zero-order valence-electron chi connectivity index (χ0n) is 11.9. The molecule has 1 fully saturated rings. The summed E-state index contributed by atoms with van der Waals surface area (Å²) in [6.45, 7) is 0.487. The van der Waals surface area contributed by atoms with E-state index in [0.29, 0.717) is 6.61 Å². The van der Waals surface area contributed by atoms with Gasteiger partial charge in [-0.25, -0.2) is 0 Å². The minimum Gasteiger partial charge on any atom is -0.362 e. The Balaban J connectivity index is 1.49. The van der Waals surface area contributed by atoms with Crippen LogP contribution in [-0.4, -0.2) is 18.1 Å². The number of hydrogen-bond acceptors (Lipinski definition) is 2. The molecule has 2 aromatic rings. The van der Waals surface area contributed by atoms with E-state index in [0.717, 1.165) is 18.4 Å². The van der Waals surface area contributed by atoms with Gasteiger partial charge in [0.1, 0.15) is 0 Å². The molecule has 3 rings (SSSR count). The SMILES string of the molecule is O=C1N[C@H](CCc2ccccc2)[C@H]1OCc1ccccc1. The molecule has 108 valence electrons. The number of rotatable bonds is 6. The van der Waals surface area contributed by atoms with E-state index in [1.807, 2.05) is 48.5 Å². The highest BCUT2D eigenvalue weighted by atomic mass is 16.5.